The van der Waals surface area contributed by atoms with Crippen molar-refractivity contribution in [2.24, 2.45) is 0 Å². The second-order valence-corrected chi connectivity index (χ2v) is 9.39. The van der Waals surface area contributed by atoms with Gasteiger partial charge in [0.25, 0.3) is 5.69 Å². The topological polar surface area (TPSA) is 103 Å². The second-order valence-electron chi connectivity index (χ2n) is 8.98. The molecule has 1 aliphatic heterocycles. The van der Waals surface area contributed by atoms with Crippen LogP contribution in [0.25, 0.3) is 10.9 Å². The van der Waals surface area contributed by atoms with Crippen molar-refractivity contribution in [2.75, 3.05) is 25.5 Å². The summed E-state index contributed by atoms with van der Waals surface area (Å²) < 4.78 is 12.2. The van der Waals surface area contributed by atoms with Gasteiger partial charge in [-0.2, -0.15) is 0 Å². The number of benzene rings is 3. The number of non-ortho nitro benzene ring substituents is 1. The number of nitro benzene ring substituents is 1. The number of piperidine rings is 1. The lowest BCUT2D eigenvalue weighted by molar-refractivity contribution is -0.384. The summed E-state index contributed by atoms with van der Waals surface area (Å²) in [6, 6.07) is 17.5. The predicted molar refractivity (Wildman–Crippen MR) is 143 cm³/mol. The van der Waals surface area contributed by atoms with Crippen molar-refractivity contribution in [1.29, 1.82) is 0 Å². The molecule has 1 fully saturated rings. The van der Waals surface area contributed by atoms with Gasteiger partial charge in [-0.15, -0.1) is 0 Å². The average molecular weight is 520 g/mol. The fraction of sp³-hybridized carbons (Fsp3) is 0.259. The Kier molecular flexibility index (Phi) is 7.34. The molecule has 0 unspecified atom stereocenters. The average Bonchev–Trinajstić information content (AvgIpc) is 2.90. The van der Waals surface area contributed by atoms with Crippen LogP contribution in [0.3, 0.4) is 0 Å². The van der Waals surface area contributed by atoms with Crippen molar-refractivity contribution in [3.05, 3.63) is 87.7 Å². The Morgan fingerprint density at radius 3 is 2.68 bits per heavy atom. The van der Waals surface area contributed by atoms with Gasteiger partial charge in [0, 0.05) is 30.9 Å². The van der Waals surface area contributed by atoms with E-state index < -0.39 is 4.92 Å². The minimum atomic E-state index is -0.433. The van der Waals surface area contributed by atoms with Crippen LogP contribution in [0.4, 0.5) is 17.2 Å². The molecule has 4 aromatic rings. The maximum atomic E-state index is 11.0. The number of nitrogens with one attached hydrogen (secondary N) is 1. The Hall–Kier alpha value is -3.95. The predicted octanol–water partition coefficient (Wildman–Crippen LogP) is 5.99. The number of ether oxygens (including phenoxy) is 2. The first kappa shape index (κ1) is 24.7. The number of anilines is 2. The lowest BCUT2D eigenvalue weighted by Crippen LogP contribution is -2.35. The smallest absolute Gasteiger partial charge is 0.269 e. The van der Waals surface area contributed by atoms with Gasteiger partial charge < -0.3 is 19.7 Å². The molecular weight excluding hydrogens is 494 g/mol. The van der Waals surface area contributed by atoms with Crippen LogP contribution in [0.1, 0.15) is 18.4 Å². The number of likely N-dealkylation sites (tertiary alicyclic amines) is 1. The molecule has 0 saturated carbocycles. The van der Waals surface area contributed by atoms with Gasteiger partial charge >= 0.3 is 0 Å². The lowest BCUT2D eigenvalue weighted by atomic mass is 10.1. The van der Waals surface area contributed by atoms with Gasteiger partial charge in [0.1, 0.15) is 36.4 Å². The van der Waals surface area contributed by atoms with Gasteiger partial charge in [-0.05, 0) is 55.8 Å². The number of nitro groups is 1. The first-order valence-corrected chi connectivity index (χ1v) is 12.4. The van der Waals surface area contributed by atoms with Gasteiger partial charge in [0.2, 0.25) is 0 Å². The molecule has 10 heteroatoms. The van der Waals surface area contributed by atoms with E-state index in [1.54, 1.807) is 24.3 Å². The van der Waals surface area contributed by atoms with E-state index in [0.29, 0.717) is 22.2 Å². The molecule has 9 nitrogen and oxygen atoms in total. The lowest BCUT2D eigenvalue weighted by Gasteiger charge is -2.29. The first-order valence-electron chi connectivity index (χ1n) is 12.0. The van der Waals surface area contributed by atoms with Crippen molar-refractivity contribution < 1.29 is 14.4 Å². The fourth-order valence-electron chi connectivity index (χ4n) is 4.31. The summed E-state index contributed by atoms with van der Waals surface area (Å²) in [5.41, 5.74) is 2.20. The maximum absolute atomic E-state index is 11.0. The summed E-state index contributed by atoms with van der Waals surface area (Å²) >= 11 is 6.50. The Bertz CT molecular complexity index is 1420. The van der Waals surface area contributed by atoms with Crippen molar-refractivity contribution in [1.82, 2.24) is 14.9 Å². The zero-order valence-corrected chi connectivity index (χ0v) is 21.0. The minimum Gasteiger partial charge on any atom is -0.489 e. The number of fused-ring (bicyclic) bond motifs is 1. The van der Waals surface area contributed by atoms with Gasteiger partial charge in [0.05, 0.1) is 20.8 Å². The molecule has 0 spiro atoms. The largest absolute Gasteiger partial charge is 0.489 e. The van der Waals surface area contributed by atoms with E-state index in [1.807, 2.05) is 24.3 Å². The standard InChI is InChI=1S/C27H26ClN5O4/c1-32-12-10-21(11-13-32)37-25-7-3-6-23-26(25)27(30-17-29-23)31-19-8-9-24(22(28)15-19)36-16-18-4-2-5-20(14-18)33(34)35/h2-9,14-15,17,21H,10-13,16H2,1H3,(H,29,30,31). The van der Waals surface area contributed by atoms with Crippen LogP contribution >= 0.6 is 11.6 Å². The highest BCUT2D eigenvalue weighted by Gasteiger charge is 2.20. The summed E-state index contributed by atoms with van der Waals surface area (Å²) in [6.07, 6.45) is 3.60. The molecule has 1 N–H and O–H groups in total. The summed E-state index contributed by atoms with van der Waals surface area (Å²) in [6.45, 7) is 2.17. The molecule has 0 bridgehead atoms. The van der Waals surface area contributed by atoms with Crippen LogP contribution in [0.5, 0.6) is 11.5 Å². The van der Waals surface area contributed by atoms with E-state index in [-0.39, 0.29) is 18.4 Å². The quantitative estimate of drug-likeness (QED) is 0.224. The fourth-order valence-corrected chi connectivity index (χ4v) is 4.54. The molecule has 5 rings (SSSR count). The van der Waals surface area contributed by atoms with Crippen LogP contribution in [0.15, 0.2) is 67.0 Å². The van der Waals surface area contributed by atoms with Gasteiger partial charge in [-0.3, -0.25) is 10.1 Å². The molecule has 0 radical (unpaired) electrons. The number of nitrogens with zero attached hydrogens (tertiary/aromatic N) is 4. The molecule has 37 heavy (non-hydrogen) atoms. The maximum Gasteiger partial charge on any atom is 0.269 e. The Morgan fingerprint density at radius 1 is 1.08 bits per heavy atom. The third-order valence-corrected chi connectivity index (χ3v) is 6.59. The highest BCUT2D eigenvalue weighted by Crippen LogP contribution is 2.35. The van der Waals surface area contributed by atoms with Crippen molar-refractivity contribution >= 4 is 39.7 Å². The van der Waals surface area contributed by atoms with Crippen molar-refractivity contribution in [2.45, 2.75) is 25.6 Å². The first-order chi connectivity index (χ1) is 18.0. The summed E-state index contributed by atoms with van der Waals surface area (Å²) in [7, 11) is 2.12. The van der Waals surface area contributed by atoms with E-state index in [2.05, 4.69) is 27.2 Å². The van der Waals surface area contributed by atoms with E-state index in [0.717, 1.165) is 48.3 Å². The number of aromatic nitrogens is 2. The number of rotatable bonds is 8. The molecule has 1 aromatic heterocycles. The Morgan fingerprint density at radius 2 is 1.89 bits per heavy atom. The molecule has 1 saturated heterocycles. The molecule has 0 atom stereocenters. The highest BCUT2D eigenvalue weighted by atomic mass is 35.5. The second kappa shape index (κ2) is 11.0. The van der Waals surface area contributed by atoms with Crippen LogP contribution in [0, 0.1) is 10.1 Å². The third kappa shape index (κ3) is 5.90. The summed E-state index contributed by atoms with van der Waals surface area (Å²) in [5, 5.41) is 15.6. The normalized spacial score (nSPS) is 14.4. The minimum absolute atomic E-state index is 0.0167. The summed E-state index contributed by atoms with van der Waals surface area (Å²) in [4.78, 5) is 21.8. The SMILES string of the molecule is CN1CCC(Oc2cccc3ncnc(Nc4ccc(OCc5cccc([N+](=O)[O-])c5)c(Cl)c4)c23)CC1. The Labute approximate surface area is 219 Å². The van der Waals surface area contributed by atoms with Gasteiger partial charge in [-0.1, -0.05) is 29.8 Å². The van der Waals surface area contributed by atoms with E-state index in [4.69, 9.17) is 21.1 Å². The number of hydrogen-bond donors (Lipinski definition) is 1. The zero-order chi connectivity index (χ0) is 25.8. The Balaban J connectivity index is 1.33. The van der Waals surface area contributed by atoms with Crippen molar-refractivity contribution in [3.63, 3.8) is 0 Å². The number of hydrogen-bond acceptors (Lipinski definition) is 8. The molecule has 0 aliphatic carbocycles. The molecular formula is C27H26ClN5O4. The van der Waals surface area contributed by atoms with Crippen LogP contribution in [0.2, 0.25) is 5.02 Å². The van der Waals surface area contributed by atoms with Crippen LogP contribution < -0.4 is 14.8 Å². The van der Waals surface area contributed by atoms with Crippen LogP contribution in [-0.4, -0.2) is 46.0 Å². The van der Waals surface area contributed by atoms with Gasteiger partial charge in [-0.25, -0.2) is 9.97 Å². The molecule has 0 amide bonds. The van der Waals surface area contributed by atoms with Crippen molar-refractivity contribution in [3.8, 4) is 11.5 Å². The van der Waals surface area contributed by atoms with E-state index in [1.165, 1.54) is 18.5 Å². The van der Waals surface area contributed by atoms with Crippen LogP contribution in [-0.2, 0) is 6.61 Å². The van der Waals surface area contributed by atoms with E-state index in [9.17, 15) is 10.1 Å². The summed E-state index contributed by atoms with van der Waals surface area (Å²) in [5.74, 6) is 1.84. The molecule has 190 valence electrons. The van der Waals surface area contributed by atoms with Gasteiger partial charge in [0.15, 0.2) is 0 Å². The monoisotopic (exact) mass is 519 g/mol. The molecule has 1 aliphatic rings. The third-order valence-electron chi connectivity index (χ3n) is 6.29. The number of halogens is 1. The van der Waals surface area contributed by atoms with E-state index >= 15 is 0 Å². The molecule has 3 aromatic carbocycles. The highest BCUT2D eigenvalue weighted by molar-refractivity contribution is 6.32. The zero-order valence-electron chi connectivity index (χ0n) is 20.3. The molecule has 2 heterocycles.